The molecule has 0 aliphatic rings. The molecule has 1 aromatic carbocycles. The van der Waals surface area contributed by atoms with E-state index in [0.717, 1.165) is 11.5 Å². The Kier molecular flexibility index (Phi) is 7.81. The van der Waals surface area contributed by atoms with Crippen LogP contribution in [0.15, 0.2) is 24.3 Å². The molecule has 0 radical (unpaired) electrons. The van der Waals surface area contributed by atoms with Gasteiger partial charge < -0.3 is 19.9 Å². The predicted octanol–water partition coefficient (Wildman–Crippen LogP) is 2.08. The number of amides is 1. The van der Waals surface area contributed by atoms with Crippen molar-refractivity contribution in [1.82, 2.24) is 5.32 Å². The van der Waals surface area contributed by atoms with Gasteiger partial charge in [0.15, 0.2) is 0 Å². The number of carbonyl (C=O) groups is 2. The van der Waals surface area contributed by atoms with E-state index in [0.29, 0.717) is 26.1 Å². The molecule has 1 amide bonds. The first-order valence-electron chi connectivity index (χ1n) is 7.38. The van der Waals surface area contributed by atoms with Crippen LogP contribution >= 0.6 is 0 Å². The summed E-state index contributed by atoms with van der Waals surface area (Å²) in [5.41, 5.74) is 0. The Balaban J connectivity index is 2.16. The van der Waals surface area contributed by atoms with Crippen molar-refractivity contribution in [2.45, 2.75) is 26.7 Å². The van der Waals surface area contributed by atoms with Crippen LogP contribution in [0.25, 0.3) is 0 Å². The lowest BCUT2D eigenvalue weighted by molar-refractivity contribution is -0.141. The monoisotopic (exact) mass is 309 g/mol. The SMILES string of the molecule is CCOc1ccc(OCCCC(=O)NCC(C)C(=O)O)cc1. The minimum Gasteiger partial charge on any atom is -0.494 e. The van der Waals surface area contributed by atoms with Crippen LogP contribution in [0.5, 0.6) is 11.5 Å². The van der Waals surface area contributed by atoms with Crippen molar-refractivity contribution in [3.63, 3.8) is 0 Å². The Morgan fingerprint density at radius 3 is 2.32 bits per heavy atom. The number of hydrogen-bond donors (Lipinski definition) is 2. The van der Waals surface area contributed by atoms with Crippen LogP contribution in [0.2, 0.25) is 0 Å². The maximum Gasteiger partial charge on any atom is 0.308 e. The van der Waals surface area contributed by atoms with Crippen LogP contribution in [-0.2, 0) is 9.59 Å². The zero-order valence-corrected chi connectivity index (χ0v) is 13.0. The van der Waals surface area contributed by atoms with Crippen molar-refractivity contribution in [1.29, 1.82) is 0 Å². The van der Waals surface area contributed by atoms with Gasteiger partial charge in [-0.1, -0.05) is 6.92 Å². The summed E-state index contributed by atoms with van der Waals surface area (Å²) in [5.74, 6) is -0.142. The molecule has 1 aromatic rings. The number of ether oxygens (including phenoxy) is 2. The Labute approximate surface area is 130 Å². The standard InChI is InChI=1S/C16H23NO5/c1-3-21-13-6-8-14(9-7-13)22-10-4-5-15(18)17-11-12(2)16(19)20/h6-9,12H,3-5,10-11H2,1-2H3,(H,17,18)(H,19,20). The molecule has 0 spiro atoms. The fourth-order valence-electron chi connectivity index (χ4n) is 1.66. The van der Waals surface area contributed by atoms with Gasteiger partial charge in [0.25, 0.3) is 0 Å². The molecule has 122 valence electrons. The maximum atomic E-state index is 11.5. The van der Waals surface area contributed by atoms with Crippen LogP contribution in [0.3, 0.4) is 0 Å². The van der Waals surface area contributed by atoms with Gasteiger partial charge >= 0.3 is 5.97 Å². The molecule has 0 aromatic heterocycles. The third kappa shape index (κ3) is 6.97. The van der Waals surface area contributed by atoms with Crippen LogP contribution in [0.1, 0.15) is 26.7 Å². The van der Waals surface area contributed by atoms with Crippen molar-refractivity contribution < 1.29 is 24.2 Å². The van der Waals surface area contributed by atoms with E-state index in [-0.39, 0.29) is 12.5 Å². The fourth-order valence-corrected chi connectivity index (χ4v) is 1.66. The molecule has 6 nitrogen and oxygen atoms in total. The lowest BCUT2D eigenvalue weighted by Crippen LogP contribution is -2.31. The molecule has 22 heavy (non-hydrogen) atoms. The maximum absolute atomic E-state index is 11.5. The van der Waals surface area contributed by atoms with Crippen molar-refractivity contribution in [2.75, 3.05) is 19.8 Å². The molecule has 1 unspecified atom stereocenters. The van der Waals surface area contributed by atoms with Crippen LogP contribution in [-0.4, -0.2) is 36.7 Å². The topological polar surface area (TPSA) is 84.9 Å². The second-order valence-electron chi connectivity index (χ2n) is 4.90. The normalized spacial score (nSPS) is 11.5. The highest BCUT2D eigenvalue weighted by Gasteiger charge is 2.11. The lowest BCUT2D eigenvalue weighted by atomic mass is 10.2. The number of aliphatic carboxylic acids is 1. The molecule has 0 saturated carbocycles. The second-order valence-corrected chi connectivity index (χ2v) is 4.90. The van der Waals surface area contributed by atoms with Crippen LogP contribution < -0.4 is 14.8 Å². The summed E-state index contributed by atoms with van der Waals surface area (Å²) in [5, 5.41) is 11.3. The van der Waals surface area contributed by atoms with E-state index in [9.17, 15) is 9.59 Å². The Morgan fingerprint density at radius 2 is 1.77 bits per heavy atom. The van der Waals surface area contributed by atoms with Crippen molar-refractivity contribution in [3.8, 4) is 11.5 Å². The molecule has 0 aliphatic heterocycles. The van der Waals surface area contributed by atoms with Crippen LogP contribution in [0, 0.1) is 5.92 Å². The number of benzene rings is 1. The van der Waals surface area contributed by atoms with Gasteiger partial charge in [0.2, 0.25) is 5.91 Å². The van der Waals surface area contributed by atoms with Crippen LogP contribution in [0.4, 0.5) is 0 Å². The smallest absolute Gasteiger partial charge is 0.308 e. The van der Waals surface area contributed by atoms with E-state index in [4.69, 9.17) is 14.6 Å². The molecule has 0 heterocycles. The molecule has 2 N–H and O–H groups in total. The summed E-state index contributed by atoms with van der Waals surface area (Å²) in [4.78, 5) is 22.1. The highest BCUT2D eigenvalue weighted by atomic mass is 16.5. The third-order valence-corrected chi connectivity index (χ3v) is 2.98. The van der Waals surface area contributed by atoms with E-state index in [1.807, 2.05) is 31.2 Å². The van der Waals surface area contributed by atoms with Gasteiger partial charge in [0.1, 0.15) is 11.5 Å². The van der Waals surface area contributed by atoms with E-state index in [1.54, 1.807) is 6.92 Å². The van der Waals surface area contributed by atoms with Gasteiger partial charge in [-0.3, -0.25) is 9.59 Å². The third-order valence-electron chi connectivity index (χ3n) is 2.98. The molecule has 6 heteroatoms. The molecule has 0 bridgehead atoms. The minimum atomic E-state index is -0.917. The van der Waals surface area contributed by atoms with E-state index < -0.39 is 11.9 Å². The molecular formula is C16H23NO5. The average molecular weight is 309 g/mol. The largest absolute Gasteiger partial charge is 0.494 e. The first-order valence-corrected chi connectivity index (χ1v) is 7.38. The molecular weight excluding hydrogens is 286 g/mol. The van der Waals surface area contributed by atoms with Gasteiger partial charge in [-0.25, -0.2) is 0 Å². The minimum absolute atomic E-state index is 0.147. The Hall–Kier alpha value is -2.24. The number of nitrogens with one attached hydrogen (secondary N) is 1. The molecule has 0 fully saturated rings. The first-order chi connectivity index (χ1) is 10.5. The second kappa shape index (κ2) is 9.65. The van der Waals surface area contributed by atoms with Crippen molar-refractivity contribution in [3.05, 3.63) is 24.3 Å². The number of hydrogen-bond acceptors (Lipinski definition) is 4. The fraction of sp³-hybridized carbons (Fsp3) is 0.500. The zero-order valence-electron chi connectivity index (χ0n) is 13.0. The quantitative estimate of drug-likeness (QED) is 0.646. The summed E-state index contributed by atoms with van der Waals surface area (Å²) in [6, 6.07) is 7.30. The molecule has 0 aliphatic carbocycles. The average Bonchev–Trinajstić information content (AvgIpc) is 2.51. The molecule has 0 saturated heterocycles. The van der Waals surface area contributed by atoms with Gasteiger partial charge in [0.05, 0.1) is 19.1 Å². The highest BCUT2D eigenvalue weighted by Crippen LogP contribution is 2.17. The van der Waals surface area contributed by atoms with Crippen molar-refractivity contribution in [2.24, 2.45) is 5.92 Å². The molecule has 1 atom stereocenters. The zero-order chi connectivity index (χ0) is 16.4. The van der Waals surface area contributed by atoms with E-state index in [2.05, 4.69) is 5.32 Å². The predicted molar refractivity (Wildman–Crippen MR) is 82.1 cm³/mol. The van der Waals surface area contributed by atoms with E-state index in [1.165, 1.54) is 0 Å². The number of rotatable bonds is 10. The first kappa shape index (κ1) is 17.8. The highest BCUT2D eigenvalue weighted by molar-refractivity contribution is 5.77. The number of carboxylic acids is 1. The number of carboxylic acid groups (broad SMARTS) is 1. The van der Waals surface area contributed by atoms with E-state index >= 15 is 0 Å². The van der Waals surface area contributed by atoms with Gasteiger partial charge in [-0.2, -0.15) is 0 Å². The van der Waals surface area contributed by atoms with Gasteiger partial charge in [-0.15, -0.1) is 0 Å². The summed E-state index contributed by atoms with van der Waals surface area (Å²) in [7, 11) is 0. The summed E-state index contributed by atoms with van der Waals surface area (Å²) in [6.45, 7) is 4.67. The Morgan fingerprint density at radius 1 is 1.18 bits per heavy atom. The summed E-state index contributed by atoms with van der Waals surface area (Å²) in [6.07, 6.45) is 0.879. The number of carbonyl (C=O) groups excluding carboxylic acids is 1. The van der Waals surface area contributed by atoms with Crippen molar-refractivity contribution >= 4 is 11.9 Å². The Bertz CT molecular complexity index is 472. The van der Waals surface area contributed by atoms with Gasteiger partial charge in [0, 0.05) is 13.0 Å². The molecule has 1 rings (SSSR count). The summed E-state index contributed by atoms with van der Waals surface area (Å²) >= 11 is 0. The summed E-state index contributed by atoms with van der Waals surface area (Å²) < 4.78 is 10.9. The van der Waals surface area contributed by atoms with Gasteiger partial charge in [-0.05, 0) is 37.6 Å². The lowest BCUT2D eigenvalue weighted by Gasteiger charge is -2.09.